The molecule has 0 spiro atoms. The highest BCUT2D eigenvalue weighted by molar-refractivity contribution is 5.94. The molecule has 0 unspecified atom stereocenters. The number of pyridine rings is 1. The Labute approximate surface area is 140 Å². The summed E-state index contributed by atoms with van der Waals surface area (Å²) in [6, 6.07) is 3.68. The quantitative estimate of drug-likeness (QED) is 0.877. The van der Waals surface area contributed by atoms with Crippen molar-refractivity contribution in [2.24, 2.45) is 0 Å². The highest BCUT2D eigenvalue weighted by atomic mass is 16.5. The Morgan fingerprint density at radius 2 is 2.29 bits per heavy atom. The van der Waals surface area contributed by atoms with E-state index in [1.54, 1.807) is 12.3 Å². The van der Waals surface area contributed by atoms with Gasteiger partial charge in [0.25, 0.3) is 5.91 Å². The van der Waals surface area contributed by atoms with Gasteiger partial charge in [0, 0.05) is 30.8 Å². The number of carbonyl (C=O) groups is 1. The Morgan fingerprint density at radius 1 is 1.46 bits per heavy atom. The minimum absolute atomic E-state index is 0.0758. The fraction of sp³-hybridized carbons (Fsp3) is 0.471. The third-order valence-electron chi connectivity index (χ3n) is 3.99. The van der Waals surface area contributed by atoms with E-state index >= 15 is 0 Å². The number of aromatic amines is 1. The van der Waals surface area contributed by atoms with Crippen molar-refractivity contribution in [1.29, 1.82) is 0 Å². The van der Waals surface area contributed by atoms with Crippen LogP contribution >= 0.6 is 0 Å². The number of hydrogen-bond donors (Lipinski definition) is 2. The number of aromatic nitrogens is 3. The normalized spacial score (nSPS) is 19.6. The molecule has 2 N–H and O–H groups in total. The minimum Gasteiger partial charge on any atom is -0.478 e. The Morgan fingerprint density at radius 3 is 3.00 bits per heavy atom. The van der Waals surface area contributed by atoms with E-state index in [1.165, 1.54) is 0 Å². The summed E-state index contributed by atoms with van der Waals surface area (Å²) in [5.74, 6) is 0.389. The summed E-state index contributed by atoms with van der Waals surface area (Å²) in [5, 5.41) is 10.0. The first-order valence-electron chi connectivity index (χ1n) is 8.17. The molecular formula is C17H22N4O3. The number of rotatable bonds is 5. The number of nitrogens with zero attached hydrogens (tertiary/aromatic N) is 2. The number of H-pyrrole nitrogens is 1. The topological polar surface area (TPSA) is 89.1 Å². The molecule has 1 aliphatic rings. The summed E-state index contributed by atoms with van der Waals surface area (Å²) in [5.41, 5.74) is 3.19. The fourth-order valence-corrected chi connectivity index (χ4v) is 2.88. The first kappa shape index (κ1) is 16.4. The standard InChI is InChI=1S/C17H22N4O3/c1-4-23-14-6-5-12(8-18-14)9-19-17(22)16-13-7-10(2)24-11(3)15(13)20-21-16/h5-6,8,10-11H,4,7,9H2,1-3H3,(H,19,22)(H,20,21)/t10-,11+/m0/s1. The zero-order valence-electron chi connectivity index (χ0n) is 14.1. The van der Waals surface area contributed by atoms with Gasteiger partial charge in [-0.1, -0.05) is 6.07 Å². The summed E-state index contributed by atoms with van der Waals surface area (Å²) < 4.78 is 11.0. The number of hydrogen-bond acceptors (Lipinski definition) is 5. The average molecular weight is 330 g/mol. The zero-order valence-corrected chi connectivity index (χ0v) is 14.1. The van der Waals surface area contributed by atoms with E-state index in [4.69, 9.17) is 9.47 Å². The van der Waals surface area contributed by atoms with Gasteiger partial charge in [0.15, 0.2) is 5.69 Å². The summed E-state index contributed by atoms with van der Waals surface area (Å²) in [7, 11) is 0. The van der Waals surface area contributed by atoms with Crippen LogP contribution in [0.25, 0.3) is 0 Å². The molecular weight excluding hydrogens is 308 g/mol. The van der Waals surface area contributed by atoms with Crippen LogP contribution in [0.1, 0.15) is 54.2 Å². The second-order valence-electron chi connectivity index (χ2n) is 5.88. The van der Waals surface area contributed by atoms with Crippen molar-refractivity contribution in [3.05, 3.63) is 40.8 Å². The highest BCUT2D eigenvalue weighted by Gasteiger charge is 2.29. The largest absolute Gasteiger partial charge is 0.478 e. The number of amides is 1. The molecule has 128 valence electrons. The van der Waals surface area contributed by atoms with Crippen molar-refractivity contribution in [2.45, 2.75) is 45.9 Å². The van der Waals surface area contributed by atoms with E-state index in [1.807, 2.05) is 26.8 Å². The molecule has 0 radical (unpaired) electrons. The smallest absolute Gasteiger partial charge is 0.272 e. The molecule has 2 atom stereocenters. The first-order chi connectivity index (χ1) is 11.6. The third kappa shape index (κ3) is 3.41. The van der Waals surface area contributed by atoms with Crippen LogP contribution in [-0.2, 0) is 17.7 Å². The predicted molar refractivity (Wildman–Crippen MR) is 87.8 cm³/mol. The molecule has 3 heterocycles. The Kier molecular flexibility index (Phi) is 4.80. The van der Waals surface area contributed by atoms with Crippen LogP contribution < -0.4 is 10.1 Å². The van der Waals surface area contributed by atoms with E-state index in [9.17, 15) is 4.79 Å². The van der Waals surface area contributed by atoms with Gasteiger partial charge < -0.3 is 14.8 Å². The van der Waals surface area contributed by atoms with Gasteiger partial charge in [-0.25, -0.2) is 4.98 Å². The van der Waals surface area contributed by atoms with Crippen LogP contribution in [0.5, 0.6) is 5.88 Å². The van der Waals surface area contributed by atoms with Gasteiger partial charge in [-0.3, -0.25) is 9.89 Å². The Balaban J connectivity index is 1.65. The van der Waals surface area contributed by atoms with Gasteiger partial charge in [0.2, 0.25) is 5.88 Å². The van der Waals surface area contributed by atoms with Gasteiger partial charge in [0.1, 0.15) is 0 Å². The number of nitrogens with one attached hydrogen (secondary N) is 2. The molecule has 7 nitrogen and oxygen atoms in total. The molecule has 0 aromatic carbocycles. The molecule has 0 fully saturated rings. The van der Waals surface area contributed by atoms with Gasteiger partial charge in [-0.05, 0) is 26.3 Å². The van der Waals surface area contributed by atoms with Gasteiger partial charge in [-0.2, -0.15) is 5.10 Å². The van der Waals surface area contributed by atoms with Crippen LogP contribution in [0.2, 0.25) is 0 Å². The second kappa shape index (κ2) is 7.00. The molecule has 0 saturated heterocycles. The monoisotopic (exact) mass is 330 g/mol. The summed E-state index contributed by atoms with van der Waals surface area (Å²) in [6.07, 6.45) is 2.38. The van der Waals surface area contributed by atoms with Crippen molar-refractivity contribution in [2.75, 3.05) is 6.61 Å². The van der Waals surface area contributed by atoms with Gasteiger partial charge in [0.05, 0.1) is 24.5 Å². The molecule has 2 aromatic heterocycles. The van der Waals surface area contributed by atoms with Crippen molar-refractivity contribution in [1.82, 2.24) is 20.5 Å². The first-order valence-corrected chi connectivity index (χ1v) is 8.17. The van der Waals surface area contributed by atoms with Gasteiger partial charge >= 0.3 is 0 Å². The number of fused-ring (bicyclic) bond motifs is 1. The van der Waals surface area contributed by atoms with Crippen molar-refractivity contribution >= 4 is 5.91 Å². The predicted octanol–water partition coefficient (Wildman–Crippen LogP) is 2.16. The lowest BCUT2D eigenvalue weighted by Crippen LogP contribution is -2.27. The molecule has 0 aliphatic carbocycles. The van der Waals surface area contributed by atoms with Crippen molar-refractivity contribution < 1.29 is 14.3 Å². The van der Waals surface area contributed by atoms with Crippen LogP contribution in [-0.4, -0.2) is 33.8 Å². The van der Waals surface area contributed by atoms with Crippen LogP contribution in [0.3, 0.4) is 0 Å². The Bertz CT molecular complexity index is 711. The number of ether oxygens (including phenoxy) is 2. The third-order valence-corrected chi connectivity index (χ3v) is 3.99. The maximum Gasteiger partial charge on any atom is 0.272 e. The maximum absolute atomic E-state index is 12.5. The summed E-state index contributed by atoms with van der Waals surface area (Å²) in [4.78, 5) is 16.6. The lowest BCUT2D eigenvalue weighted by Gasteiger charge is -2.25. The number of carbonyl (C=O) groups excluding carboxylic acids is 1. The maximum atomic E-state index is 12.5. The summed E-state index contributed by atoms with van der Waals surface area (Å²) >= 11 is 0. The molecule has 24 heavy (non-hydrogen) atoms. The van der Waals surface area contributed by atoms with Gasteiger partial charge in [-0.15, -0.1) is 0 Å². The molecule has 7 heteroatoms. The van der Waals surface area contributed by atoms with Crippen molar-refractivity contribution in [3.63, 3.8) is 0 Å². The van der Waals surface area contributed by atoms with E-state index < -0.39 is 0 Å². The van der Waals surface area contributed by atoms with E-state index in [0.717, 1.165) is 16.8 Å². The fourth-order valence-electron chi connectivity index (χ4n) is 2.88. The van der Waals surface area contributed by atoms with Crippen molar-refractivity contribution in [3.8, 4) is 5.88 Å². The second-order valence-corrected chi connectivity index (χ2v) is 5.88. The lowest BCUT2D eigenvalue weighted by atomic mass is 9.99. The molecule has 2 aromatic rings. The van der Waals surface area contributed by atoms with Crippen LogP contribution in [0.4, 0.5) is 0 Å². The van der Waals surface area contributed by atoms with E-state index in [0.29, 0.717) is 31.1 Å². The van der Waals surface area contributed by atoms with Crippen LogP contribution in [0, 0.1) is 0 Å². The SMILES string of the molecule is CCOc1ccc(CNC(=O)c2n[nH]c3c2C[C@H](C)O[C@@H]3C)cn1. The minimum atomic E-state index is -0.192. The molecule has 3 rings (SSSR count). The van der Waals surface area contributed by atoms with E-state index in [-0.39, 0.29) is 18.1 Å². The lowest BCUT2D eigenvalue weighted by molar-refractivity contribution is -0.00697. The molecule has 1 aliphatic heterocycles. The zero-order chi connectivity index (χ0) is 17.1. The Hall–Kier alpha value is -2.41. The highest BCUT2D eigenvalue weighted by Crippen LogP contribution is 2.30. The molecule has 0 saturated carbocycles. The molecule has 1 amide bonds. The average Bonchev–Trinajstić information content (AvgIpc) is 2.98. The molecule has 0 bridgehead atoms. The summed E-state index contributed by atoms with van der Waals surface area (Å²) in [6.45, 7) is 6.84. The van der Waals surface area contributed by atoms with Crippen LogP contribution in [0.15, 0.2) is 18.3 Å². The van der Waals surface area contributed by atoms with E-state index in [2.05, 4.69) is 20.5 Å².